The maximum atomic E-state index is 11.0. The van der Waals surface area contributed by atoms with Gasteiger partial charge in [0.2, 0.25) is 0 Å². The molecule has 1 fully saturated rings. The molecule has 1 aliphatic heterocycles. The number of rotatable bonds is 1. The molecular weight excluding hydrogens is 312 g/mol. The van der Waals surface area contributed by atoms with Gasteiger partial charge in [-0.2, -0.15) is 0 Å². The van der Waals surface area contributed by atoms with Crippen LogP contribution in [0.3, 0.4) is 0 Å². The number of ether oxygens (including phenoxy) is 1. The summed E-state index contributed by atoms with van der Waals surface area (Å²) in [5.74, 6) is 7.95. The molecule has 0 saturated carbocycles. The highest BCUT2D eigenvalue weighted by Crippen LogP contribution is 2.49. The van der Waals surface area contributed by atoms with Crippen LogP contribution in [-0.2, 0) is 9.53 Å². The lowest BCUT2D eigenvalue weighted by Gasteiger charge is -2.36. The highest BCUT2D eigenvalue weighted by atomic mass is 32.2. The Labute approximate surface area is 141 Å². The van der Waals surface area contributed by atoms with Gasteiger partial charge in [-0.05, 0) is 40.5 Å². The van der Waals surface area contributed by atoms with Crippen LogP contribution in [0.1, 0.15) is 36.5 Å². The number of esters is 1. The third-order valence-electron chi connectivity index (χ3n) is 3.80. The van der Waals surface area contributed by atoms with E-state index in [2.05, 4.69) is 49.5 Å². The van der Waals surface area contributed by atoms with Crippen molar-refractivity contribution in [3.8, 4) is 11.8 Å². The molecule has 0 radical (unpaired) electrons. The fourth-order valence-electron chi connectivity index (χ4n) is 2.09. The summed E-state index contributed by atoms with van der Waals surface area (Å²) in [7, 11) is 1.34. The summed E-state index contributed by atoms with van der Waals surface area (Å²) in [5.41, 5.74) is 2.55. The van der Waals surface area contributed by atoms with E-state index in [1.807, 2.05) is 35.7 Å². The molecule has 0 aromatic heterocycles. The summed E-state index contributed by atoms with van der Waals surface area (Å²) >= 11 is 4.06. The van der Waals surface area contributed by atoms with Crippen LogP contribution >= 0.6 is 23.5 Å². The normalized spacial score (nSPS) is 21.6. The Kier molecular flexibility index (Phi) is 5.88. The first-order chi connectivity index (χ1) is 10.4. The van der Waals surface area contributed by atoms with Crippen LogP contribution < -0.4 is 0 Å². The van der Waals surface area contributed by atoms with Gasteiger partial charge in [0.25, 0.3) is 0 Å². The zero-order valence-corrected chi connectivity index (χ0v) is 15.1. The number of thioether (sulfide) groups is 2. The Morgan fingerprint density at radius 2 is 1.77 bits per heavy atom. The van der Waals surface area contributed by atoms with Crippen molar-refractivity contribution in [3.05, 3.63) is 35.4 Å². The first-order valence-electron chi connectivity index (χ1n) is 7.33. The van der Waals surface area contributed by atoms with E-state index >= 15 is 0 Å². The van der Waals surface area contributed by atoms with Crippen LogP contribution in [0.4, 0.5) is 0 Å². The molecule has 2 rings (SSSR count). The Morgan fingerprint density at radius 1 is 1.18 bits per heavy atom. The average Bonchev–Trinajstić information content (AvgIpc) is 2.52. The van der Waals surface area contributed by atoms with Gasteiger partial charge < -0.3 is 4.74 Å². The number of hydrogen-bond acceptors (Lipinski definition) is 4. The molecule has 1 aromatic carbocycles. The third kappa shape index (κ3) is 4.72. The summed E-state index contributed by atoms with van der Waals surface area (Å²) in [6, 6.07) is 8.18. The molecule has 1 aromatic rings. The predicted molar refractivity (Wildman–Crippen MR) is 95.9 cm³/mol. The molecule has 0 unspecified atom stereocenters. The first-order valence-corrected chi connectivity index (χ1v) is 9.43. The fourth-order valence-corrected chi connectivity index (χ4v) is 5.85. The smallest absolute Gasteiger partial charge is 0.384 e. The van der Waals surface area contributed by atoms with E-state index in [-0.39, 0.29) is 0 Å². The molecule has 22 heavy (non-hydrogen) atoms. The largest absolute Gasteiger partial charge is 0.459 e. The van der Waals surface area contributed by atoms with Gasteiger partial charge >= 0.3 is 5.97 Å². The summed E-state index contributed by atoms with van der Waals surface area (Å²) in [4.78, 5) is 11.0. The molecule has 0 atom stereocenters. The van der Waals surface area contributed by atoms with Gasteiger partial charge in [-0.25, -0.2) is 4.79 Å². The second-order valence-corrected chi connectivity index (χ2v) is 9.00. The minimum absolute atomic E-state index is 0.387. The molecule has 1 saturated heterocycles. The number of benzene rings is 1. The van der Waals surface area contributed by atoms with Crippen molar-refractivity contribution in [2.24, 2.45) is 11.3 Å². The van der Waals surface area contributed by atoms with E-state index in [4.69, 9.17) is 0 Å². The molecule has 1 heterocycles. The highest BCUT2D eigenvalue weighted by molar-refractivity contribution is 8.16. The van der Waals surface area contributed by atoms with Crippen molar-refractivity contribution in [2.75, 3.05) is 18.6 Å². The third-order valence-corrected chi connectivity index (χ3v) is 6.96. The predicted octanol–water partition coefficient (Wildman–Crippen LogP) is 4.35. The molecule has 0 N–H and O–H groups in total. The van der Waals surface area contributed by atoms with Gasteiger partial charge in [0, 0.05) is 11.5 Å². The van der Waals surface area contributed by atoms with E-state index in [1.165, 1.54) is 24.2 Å². The van der Waals surface area contributed by atoms with Crippen molar-refractivity contribution in [3.63, 3.8) is 0 Å². The molecule has 0 spiro atoms. The summed E-state index contributed by atoms with van der Waals surface area (Å²) < 4.78 is 5.01. The van der Waals surface area contributed by atoms with E-state index in [0.29, 0.717) is 10.00 Å². The van der Waals surface area contributed by atoms with Gasteiger partial charge in [-0.3, -0.25) is 0 Å². The van der Waals surface area contributed by atoms with Gasteiger partial charge in [-0.15, -0.1) is 23.5 Å². The van der Waals surface area contributed by atoms with Crippen LogP contribution in [0.5, 0.6) is 0 Å². The summed E-state index contributed by atoms with van der Waals surface area (Å²) in [6.07, 6.45) is 0. The quantitative estimate of drug-likeness (QED) is 0.563. The number of carbonyl (C=O) groups excluding carboxylic acids is 1. The van der Waals surface area contributed by atoms with Crippen molar-refractivity contribution >= 4 is 29.5 Å². The molecule has 1 aliphatic rings. The van der Waals surface area contributed by atoms with E-state index in [9.17, 15) is 4.79 Å². The number of hydrogen-bond donors (Lipinski definition) is 0. The fraction of sp³-hybridized carbons (Fsp3) is 0.500. The first kappa shape index (κ1) is 17.3. The Bertz CT molecular complexity index is 568. The van der Waals surface area contributed by atoms with Gasteiger partial charge in [-0.1, -0.05) is 38.8 Å². The lowest BCUT2D eigenvalue weighted by atomic mass is 9.83. The zero-order valence-electron chi connectivity index (χ0n) is 13.5. The lowest BCUT2D eigenvalue weighted by molar-refractivity contribution is -0.133. The monoisotopic (exact) mass is 334 g/mol. The molecule has 2 nitrogen and oxygen atoms in total. The van der Waals surface area contributed by atoms with Crippen molar-refractivity contribution in [2.45, 2.75) is 25.4 Å². The Hall–Kier alpha value is -1.05. The van der Waals surface area contributed by atoms with Crippen LogP contribution in [0.15, 0.2) is 24.3 Å². The number of methoxy groups -OCH3 is 1. The maximum absolute atomic E-state index is 11.0. The van der Waals surface area contributed by atoms with E-state index in [0.717, 1.165) is 11.5 Å². The Morgan fingerprint density at radius 3 is 2.27 bits per heavy atom. The molecule has 118 valence electrons. The minimum atomic E-state index is -0.504. The topological polar surface area (TPSA) is 26.3 Å². The average molecular weight is 335 g/mol. The molecule has 0 amide bonds. The minimum Gasteiger partial charge on any atom is -0.459 e. The SMILES string of the molecule is COC(=O)C#Cc1ccc(C2SCC(C(C)(C)C)CS2)cc1. The summed E-state index contributed by atoms with van der Waals surface area (Å²) in [5, 5.41) is 0. The van der Waals surface area contributed by atoms with Crippen molar-refractivity contribution in [1.82, 2.24) is 0 Å². The van der Waals surface area contributed by atoms with Gasteiger partial charge in [0.05, 0.1) is 11.7 Å². The van der Waals surface area contributed by atoms with Crippen LogP contribution in [0, 0.1) is 23.2 Å². The second kappa shape index (κ2) is 7.48. The molecular formula is C18H22O2S2. The van der Waals surface area contributed by atoms with Gasteiger partial charge in [0.1, 0.15) is 0 Å². The number of carbonyl (C=O) groups is 1. The second-order valence-electron chi connectivity index (χ2n) is 6.43. The summed E-state index contributed by atoms with van der Waals surface area (Å²) in [6.45, 7) is 6.98. The highest BCUT2D eigenvalue weighted by Gasteiger charge is 2.31. The Balaban J connectivity index is 1.97. The van der Waals surface area contributed by atoms with Crippen molar-refractivity contribution < 1.29 is 9.53 Å². The molecule has 0 bridgehead atoms. The van der Waals surface area contributed by atoms with Crippen LogP contribution in [0.25, 0.3) is 0 Å². The van der Waals surface area contributed by atoms with Gasteiger partial charge in [0.15, 0.2) is 0 Å². The van der Waals surface area contributed by atoms with Crippen molar-refractivity contribution in [1.29, 1.82) is 0 Å². The molecule has 0 aliphatic carbocycles. The zero-order chi connectivity index (χ0) is 16.2. The van der Waals surface area contributed by atoms with Crippen LogP contribution in [0.2, 0.25) is 0 Å². The maximum Gasteiger partial charge on any atom is 0.384 e. The molecule has 4 heteroatoms. The van der Waals surface area contributed by atoms with Crippen LogP contribution in [-0.4, -0.2) is 24.6 Å². The standard InChI is InChI=1S/C18H22O2S2/c1-18(2,3)15-11-21-17(22-12-15)14-8-5-13(6-9-14)7-10-16(19)20-4/h5-6,8-9,15,17H,11-12H2,1-4H3. The lowest BCUT2D eigenvalue weighted by Crippen LogP contribution is -2.27. The van der Waals surface area contributed by atoms with E-state index < -0.39 is 5.97 Å². The van der Waals surface area contributed by atoms with E-state index in [1.54, 1.807) is 0 Å².